The van der Waals surface area contributed by atoms with Crippen LogP contribution in [0, 0.1) is 5.82 Å². The molecule has 13 heteroatoms. The van der Waals surface area contributed by atoms with Gasteiger partial charge in [-0.3, -0.25) is 0 Å². The molecule has 0 radical (unpaired) electrons. The van der Waals surface area contributed by atoms with Crippen LogP contribution in [-0.4, -0.2) is 37.6 Å². The number of benzene rings is 3. The van der Waals surface area contributed by atoms with Gasteiger partial charge in [0.15, 0.2) is 9.84 Å². The summed E-state index contributed by atoms with van der Waals surface area (Å²) in [7, 11) is -8.90. The molecule has 0 bridgehead atoms. The minimum Gasteiger partial charge on any atom is -0.744 e. The van der Waals surface area contributed by atoms with E-state index in [4.69, 9.17) is 0 Å². The van der Waals surface area contributed by atoms with Crippen LogP contribution in [0.2, 0.25) is 0 Å². The van der Waals surface area contributed by atoms with Crippen LogP contribution >= 0.6 is 0 Å². The summed E-state index contributed by atoms with van der Waals surface area (Å²) in [6.07, 6.45) is -4.16. The molecule has 1 aromatic heterocycles. The molecule has 0 fully saturated rings. The van der Waals surface area contributed by atoms with E-state index in [1.165, 1.54) is 36.4 Å². The fraction of sp³-hybridized carbons (Fsp3) is 0.0833. The van der Waals surface area contributed by atoms with E-state index < -0.39 is 53.9 Å². The second-order valence-corrected chi connectivity index (χ2v) is 11.2. The van der Waals surface area contributed by atoms with Crippen molar-refractivity contribution in [3.8, 4) is 33.6 Å². The Hall–Kier alpha value is -3.68. The first-order valence-corrected chi connectivity index (χ1v) is 13.6. The minimum atomic E-state index is -5.27. The first-order valence-electron chi connectivity index (χ1n) is 10.3. The summed E-state index contributed by atoms with van der Waals surface area (Å²) >= 11 is 0. The van der Waals surface area contributed by atoms with Gasteiger partial charge in [0.05, 0.1) is 21.2 Å². The first-order chi connectivity index (χ1) is 17.2. The van der Waals surface area contributed by atoms with E-state index in [2.05, 4.69) is 9.97 Å². The molecule has 4 aromatic rings. The van der Waals surface area contributed by atoms with Crippen LogP contribution in [0.25, 0.3) is 33.6 Å². The van der Waals surface area contributed by atoms with Gasteiger partial charge in [-0.15, -0.1) is 0 Å². The Kier molecular flexibility index (Phi) is 6.65. The SMILES string of the molecule is CS(=O)(=O)c1ccc(-c2nc(C(F)(F)F)nc(-c3cc(F)ccc3S(=O)(=O)[O-])c2-c2ccccc2)cc1. The summed E-state index contributed by atoms with van der Waals surface area (Å²) < 4.78 is 116. The third kappa shape index (κ3) is 5.53. The maximum atomic E-state index is 14.2. The van der Waals surface area contributed by atoms with Gasteiger partial charge in [0.2, 0.25) is 5.82 Å². The molecule has 0 saturated carbocycles. The zero-order valence-corrected chi connectivity index (χ0v) is 20.3. The van der Waals surface area contributed by atoms with Crippen molar-refractivity contribution in [2.24, 2.45) is 0 Å². The smallest absolute Gasteiger partial charge is 0.451 e. The molecule has 0 aliphatic rings. The molecule has 0 aliphatic heterocycles. The Morgan fingerprint density at radius 3 is 1.92 bits per heavy atom. The lowest BCUT2D eigenvalue weighted by Gasteiger charge is -2.20. The predicted octanol–water partition coefficient (Wildman–Crippen LogP) is 4.94. The van der Waals surface area contributed by atoms with Gasteiger partial charge in [0, 0.05) is 22.9 Å². The number of hydrogen-bond acceptors (Lipinski definition) is 7. The summed E-state index contributed by atoms with van der Waals surface area (Å²) in [6.45, 7) is 0. The average molecular weight is 552 g/mol. The number of sulfone groups is 1. The highest BCUT2D eigenvalue weighted by Gasteiger charge is 2.37. The fourth-order valence-electron chi connectivity index (χ4n) is 3.63. The predicted molar refractivity (Wildman–Crippen MR) is 124 cm³/mol. The standard InChI is InChI=1S/C24H16F4N2O5S2/c1-36(31,32)17-10-7-15(8-11-17)21-20(14-5-3-2-4-6-14)22(30-23(29-21)24(26,27)28)18-13-16(25)9-12-19(18)37(33,34)35/h2-13H,1H3,(H,33,34,35)/p-1. The third-order valence-electron chi connectivity index (χ3n) is 5.25. The highest BCUT2D eigenvalue weighted by atomic mass is 32.2. The van der Waals surface area contributed by atoms with Crippen molar-refractivity contribution in [3.05, 3.63) is 84.4 Å². The lowest BCUT2D eigenvalue weighted by atomic mass is 9.94. The molecule has 1 heterocycles. The maximum absolute atomic E-state index is 14.2. The third-order valence-corrected chi connectivity index (χ3v) is 7.27. The Morgan fingerprint density at radius 1 is 0.784 bits per heavy atom. The Morgan fingerprint density at radius 2 is 1.38 bits per heavy atom. The largest absolute Gasteiger partial charge is 0.744 e. The number of hydrogen-bond donors (Lipinski definition) is 0. The number of alkyl halides is 3. The van der Waals surface area contributed by atoms with E-state index in [0.717, 1.165) is 6.26 Å². The van der Waals surface area contributed by atoms with Crippen LogP contribution in [0.3, 0.4) is 0 Å². The number of halogens is 4. The van der Waals surface area contributed by atoms with Gasteiger partial charge < -0.3 is 4.55 Å². The van der Waals surface area contributed by atoms with Crippen molar-refractivity contribution < 1.29 is 39.0 Å². The van der Waals surface area contributed by atoms with Crippen LogP contribution in [0.15, 0.2) is 82.6 Å². The molecule has 37 heavy (non-hydrogen) atoms. The molecule has 3 aromatic carbocycles. The number of rotatable bonds is 5. The minimum absolute atomic E-state index is 0.0309. The normalized spacial score (nSPS) is 12.5. The van der Waals surface area contributed by atoms with Gasteiger partial charge in [-0.25, -0.2) is 31.2 Å². The topological polar surface area (TPSA) is 117 Å². The van der Waals surface area contributed by atoms with E-state index in [0.29, 0.717) is 18.2 Å². The van der Waals surface area contributed by atoms with E-state index >= 15 is 0 Å². The molecule has 192 valence electrons. The van der Waals surface area contributed by atoms with Crippen LogP contribution in [0.5, 0.6) is 0 Å². The van der Waals surface area contributed by atoms with Gasteiger partial charge in [-0.1, -0.05) is 42.5 Å². The Bertz CT molecular complexity index is 1710. The van der Waals surface area contributed by atoms with Crippen molar-refractivity contribution in [3.63, 3.8) is 0 Å². The van der Waals surface area contributed by atoms with Gasteiger partial charge >= 0.3 is 6.18 Å². The van der Waals surface area contributed by atoms with Gasteiger partial charge in [0.1, 0.15) is 15.9 Å². The Balaban J connectivity index is 2.19. The molecule has 0 aliphatic carbocycles. The number of aromatic nitrogens is 2. The van der Waals surface area contributed by atoms with Crippen LogP contribution in [-0.2, 0) is 26.1 Å². The van der Waals surface area contributed by atoms with Crippen LogP contribution < -0.4 is 0 Å². The quantitative estimate of drug-likeness (QED) is 0.255. The molecule has 0 N–H and O–H groups in total. The second kappa shape index (κ2) is 9.32. The molecular formula is C24H15F4N2O5S2-. The molecule has 0 spiro atoms. The summed E-state index contributed by atoms with van der Waals surface area (Å²) in [6, 6.07) is 14.4. The van der Waals surface area contributed by atoms with E-state index in [1.54, 1.807) is 18.2 Å². The lowest BCUT2D eigenvalue weighted by Crippen LogP contribution is -2.14. The monoisotopic (exact) mass is 551 g/mol. The van der Waals surface area contributed by atoms with Crippen LogP contribution in [0.1, 0.15) is 5.82 Å². The molecular weight excluding hydrogens is 536 g/mol. The fourth-order valence-corrected chi connectivity index (χ4v) is 4.92. The van der Waals surface area contributed by atoms with Crippen molar-refractivity contribution in [1.82, 2.24) is 9.97 Å². The van der Waals surface area contributed by atoms with Gasteiger partial charge in [-0.2, -0.15) is 13.2 Å². The van der Waals surface area contributed by atoms with Crippen molar-refractivity contribution in [2.75, 3.05) is 6.26 Å². The van der Waals surface area contributed by atoms with Crippen molar-refractivity contribution in [1.29, 1.82) is 0 Å². The second-order valence-electron chi connectivity index (χ2n) is 7.87. The van der Waals surface area contributed by atoms with Gasteiger partial charge in [-0.05, 0) is 35.9 Å². The first kappa shape index (κ1) is 26.4. The summed E-state index contributed by atoms with van der Waals surface area (Å²) in [5, 5.41) is 0. The molecule has 0 unspecified atom stereocenters. The lowest BCUT2D eigenvalue weighted by molar-refractivity contribution is -0.144. The van der Waals surface area contributed by atoms with Crippen LogP contribution in [0.4, 0.5) is 17.6 Å². The van der Waals surface area contributed by atoms with E-state index in [1.807, 2.05) is 0 Å². The summed E-state index contributed by atoms with van der Waals surface area (Å²) in [4.78, 5) is 6.14. The molecule has 4 rings (SSSR count). The van der Waals surface area contributed by atoms with Gasteiger partial charge in [0.25, 0.3) is 0 Å². The zero-order chi connectivity index (χ0) is 27.2. The number of nitrogens with zero attached hydrogens (tertiary/aromatic N) is 2. The molecule has 7 nitrogen and oxygen atoms in total. The molecule has 0 saturated heterocycles. The average Bonchev–Trinajstić information content (AvgIpc) is 2.82. The molecule has 0 atom stereocenters. The van der Waals surface area contributed by atoms with Crippen molar-refractivity contribution >= 4 is 20.0 Å². The Labute approximate surface area is 209 Å². The zero-order valence-electron chi connectivity index (χ0n) is 18.7. The van der Waals surface area contributed by atoms with E-state index in [-0.39, 0.29) is 27.3 Å². The summed E-state index contributed by atoms with van der Waals surface area (Å²) in [5.74, 6) is -2.70. The highest BCUT2D eigenvalue weighted by molar-refractivity contribution is 7.90. The van der Waals surface area contributed by atoms with Crippen molar-refractivity contribution in [2.45, 2.75) is 16.0 Å². The summed E-state index contributed by atoms with van der Waals surface area (Å²) in [5.41, 5.74) is -1.55. The highest BCUT2D eigenvalue weighted by Crippen LogP contribution is 2.42. The maximum Gasteiger partial charge on any atom is 0.451 e. The molecule has 0 amide bonds. The van der Waals surface area contributed by atoms with E-state index in [9.17, 15) is 39.0 Å².